The molecule has 1 aromatic carbocycles. The molecule has 120 valence electrons. The van der Waals surface area contributed by atoms with Gasteiger partial charge in [-0.3, -0.25) is 4.79 Å². The van der Waals surface area contributed by atoms with E-state index in [-0.39, 0.29) is 17.1 Å². The number of carbonyl (C=O) groups is 1. The number of nitrogens with zero attached hydrogens (tertiary/aromatic N) is 4. The fourth-order valence-corrected chi connectivity index (χ4v) is 2.70. The van der Waals surface area contributed by atoms with Gasteiger partial charge in [0.15, 0.2) is 11.4 Å². The first-order chi connectivity index (χ1) is 11.6. The highest BCUT2D eigenvalue weighted by Crippen LogP contribution is 2.27. The van der Waals surface area contributed by atoms with Gasteiger partial charge in [0, 0.05) is 24.3 Å². The molecule has 0 aromatic heterocycles. The van der Waals surface area contributed by atoms with Crippen LogP contribution in [0.3, 0.4) is 0 Å². The van der Waals surface area contributed by atoms with Crippen molar-refractivity contribution >= 4 is 17.2 Å². The first-order valence-corrected chi connectivity index (χ1v) is 7.72. The molecule has 0 radical (unpaired) electrons. The van der Waals surface area contributed by atoms with E-state index in [1.807, 2.05) is 6.07 Å². The molecule has 1 fully saturated rings. The molecule has 2 rings (SSSR count). The van der Waals surface area contributed by atoms with Crippen molar-refractivity contribution in [3.63, 3.8) is 0 Å². The van der Waals surface area contributed by atoms with Crippen molar-refractivity contribution in [1.82, 2.24) is 0 Å². The van der Waals surface area contributed by atoms with Gasteiger partial charge >= 0.3 is 0 Å². The van der Waals surface area contributed by atoms with E-state index in [1.165, 1.54) is 13.3 Å². The van der Waals surface area contributed by atoms with E-state index in [9.17, 15) is 4.79 Å². The van der Waals surface area contributed by atoms with Gasteiger partial charge in [-0.25, -0.2) is 0 Å². The standard InChI is InChI=1S/C18H17N5O/c1-13(24)16-9-15(23-7-3-2-4-8-23)5-6-17(16)22-18(12-21)14(10-19)11-20/h5-6,9,22H,2-4,7-8H2,1H3. The minimum atomic E-state index is -0.313. The SMILES string of the molecule is CC(=O)c1cc(N2CCCCC2)ccc1NC(C#N)=C(C#N)C#N. The number of nitrogens with one attached hydrogen (secondary N) is 1. The van der Waals surface area contributed by atoms with Gasteiger partial charge in [0.25, 0.3) is 0 Å². The zero-order valence-electron chi connectivity index (χ0n) is 13.5. The first-order valence-electron chi connectivity index (χ1n) is 7.72. The highest BCUT2D eigenvalue weighted by Gasteiger charge is 2.16. The monoisotopic (exact) mass is 319 g/mol. The van der Waals surface area contributed by atoms with E-state index in [2.05, 4.69) is 10.2 Å². The summed E-state index contributed by atoms with van der Waals surface area (Å²) >= 11 is 0. The summed E-state index contributed by atoms with van der Waals surface area (Å²) in [5, 5.41) is 29.7. The second kappa shape index (κ2) is 7.81. The van der Waals surface area contributed by atoms with Gasteiger partial charge < -0.3 is 10.2 Å². The smallest absolute Gasteiger partial charge is 0.163 e. The zero-order chi connectivity index (χ0) is 17.5. The maximum atomic E-state index is 12.0. The van der Waals surface area contributed by atoms with Crippen LogP contribution in [-0.4, -0.2) is 18.9 Å². The molecule has 6 nitrogen and oxygen atoms in total. The van der Waals surface area contributed by atoms with Gasteiger partial charge in [0.2, 0.25) is 0 Å². The molecular weight excluding hydrogens is 302 g/mol. The third kappa shape index (κ3) is 3.72. The molecule has 0 spiro atoms. The van der Waals surface area contributed by atoms with Crippen molar-refractivity contribution < 1.29 is 4.79 Å². The highest BCUT2D eigenvalue weighted by molar-refractivity contribution is 6.01. The van der Waals surface area contributed by atoms with Gasteiger partial charge in [-0.15, -0.1) is 0 Å². The van der Waals surface area contributed by atoms with Crippen molar-refractivity contribution in [3.05, 3.63) is 35.0 Å². The van der Waals surface area contributed by atoms with Gasteiger partial charge in [-0.05, 0) is 44.4 Å². The van der Waals surface area contributed by atoms with Crippen LogP contribution >= 0.6 is 0 Å². The molecule has 24 heavy (non-hydrogen) atoms. The van der Waals surface area contributed by atoms with E-state index in [4.69, 9.17) is 15.8 Å². The highest BCUT2D eigenvalue weighted by atomic mass is 16.1. The summed E-state index contributed by atoms with van der Waals surface area (Å²) in [6.07, 6.45) is 3.48. The van der Waals surface area contributed by atoms with Crippen LogP contribution < -0.4 is 10.2 Å². The normalized spacial score (nSPS) is 13.2. The lowest BCUT2D eigenvalue weighted by atomic mass is 10.0. The summed E-state index contributed by atoms with van der Waals surface area (Å²) in [6.45, 7) is 3.37. The Morgan fingerprint density at radius 3 is 2.29 bits per heavy atom. The Kier molecular flexibility index (Phi) is 5.55. The van der Waals surface area contributed by atoms with Crippen molar-refractivity contribution in [2.45, 2.75) is 26.2 Å². The summed E-state index contributed by atoms with van der Waals surface area (Å²) in [6, 6.07) is 10.5. The van der Waals surface area contributed by atoms with Crippen LogP contribution in [0.4, 0.5) is 11.4 Å². The van der Waals surface area contributed by atoms with Crippen LogP contribution in [0.5, 0.6) is 0 Å². The number of hydrogen-bond donors (Lipinski definition) is 1. The van der Waals surface area contributed by atoms with Crippen LogP contribution in [0.15, 0.2) is 29.5 Å². The topological polar surface area (TPSA) is 104 Å². The third-order valence-corrected chi connectivity index (χ3v) is 3.95. The second-order valence-electron chi connectivity index (χ2n) is 5.54. The molecule has 0 unspecified atom stereocenters. The molecule has 1 heterocycles. The molecule has 1 saturated heterocycles. The van der Waals surface area contributed by atoms with Crippen LogP contribution in [0.2, 0.25) is 0 Å². The summed E-state index contributed by atoms with van der Waals surface area (Å²) in [5.74, 6) is -0.149. The number of benzene rings is 1. The largest absolute Gasteiger partial charge is 0.372 e. The Bertz CT molecular complexity index is 782. The molecule has 1 aromatic rings. The zero-order valence-corrected chi connectivity index (χ0v) is 13.5. The average Bonchev–Trinajstić information content (AvgIpc) is 2.62. The summed E-state index contributed by atoms with van der Waals surface area (Å²) in [4.78, 5) is 14.2. The first kappa shape index (κ1) is 17.1. The number of piperidine rings is 1. The van der Waals surface area contributed by atoms with E-state index in [0.29, 0.717) is 11.3 Å². The van der Waals surface area contributed by atoms with Crippen LogP contribution in [0, 0.1) is 34.0 Å². The van der Waals surface area contributed by atoms with Crippen molar-refractivity contribution in [2.24, 2.45) is 0 Å². The molecule has 0 atom stereocenters. The van der Waals surface area contributed by atoms with Crippen molar-refractivity contribution in [3.8, 4) is 18.2 Å². The number of rotatable bonds is 4. The van der Waals surface area contributed by atoms with E-state index >= 15 is 0 Å². The lowest BCUT2D eigenvalue weighted by molar-refractivity contribution is 0.101. The maximum Gasteiger partial charge on any atom is 0.163 e. The number of anilines is 2. The van der Waals surface area contributed by atoms with Crippen molar-refractivity contribution in [2.75, 3.05) is 23.3 Å². The van der Waals surface area contributed by atoms with Crippen LogP contribution in [0.25, 0.3) is 0 Å². The summed E-state index contributed by atoms with van der Waals surface area (Å²) in [5.41, 5.74) is 1.35. The molecule has 0 saturated carbocycles. The lowest BCUT2D eigenvalue weighted by Gasteiger charge is -2.29. The predicted molar refractivity (Wildman–Crippen MR) is 90.0 cm³/mol. The molecular formula is C18H17N5O. The maximum absolute atomic E-state index is 12.0. The van der Waals surface area contributed by atoms with E-state index in [1.54, 1.807) is 30.3 Å². The molecule has 0 amide bonds. The predicted octanol–water partition coefficient (Wildman–Crippen LogP) is 3.12. The Morgan fingerprint density at radius 2 is 1.75 bits per heavy atom. The number of hydrogen-bond acceptors (Lipinski definition) is 6. The van der Waals surface area contributed by atoms with Gasteiger partial charge in [0.1, 0.15) is 23.9 Å². The van der Waals surface area contributed by atoms with E-state index in [0.717, 1.165) is 31.6 Å². The number of nitriles is 3. The van der Waals surface area contributed by atoms with Gasteiger partial charge in [-0.1, -0.05) is 0 Å². The molecule has 6 heteroatoms. The van der Waals surface area contributed by atoms with Crippen LogP contribution in [0.1, 0.15) is 36.5 Å². The average molecular weight is 319 g/mol. The molecule has 0 aliphatic carbocycles. The third-order valence-electron chi connectivity index (χ3n) is 3.95. The molecule has 1 N–H and O–H groups in total. The summed E-state index contributed by atoms with van der Waals surface area (Å²) in [7, 11) is 0. The minimum absolute atomic E-state index is 0.149. The van der Waals surface area contributed by atoms with Gasteiger partial charge in [-0.2, -0.15) is 15.8 Å². The fourth-order valence-electron chi connectivity index (χ4n) is 2.70. The Hall–Kier alpha value is -3.30. The fraction of sp³-hybridized carbons (Fsp3) is 0.333. The quantitative estimate of drug-likeness (QED) is 0.675. The Morgan fingerprint density at radius 1 is 1.08 bits per heavy atom. The van der Waals surface area contributed by atoms with E-state index < -0.39 is 0 Å². The Balaban J connectivity index is 2.39. The molecule has 1 aliphatic rings. The van der Waals surface area contributed by atoms with Gasteiger partial charge in [0.05, 0.1) is 5.69 Å². The van der Waals surface area contributed by atoms with Crippen molar-refractivity contribution in [1.29, 1.82) is 15.8 Å². The second-order valence-corrected chi connectivity index (χ2v) is 5.54. The molecule has 1 aliphatic heterocycles. The number of Topliss-reactive ketones (excluding diaryl/α,β-unsaturated/α-hetero) is 1. The number of carbonyl (C=O) groups excluding carboxylic acids is 1. The van der Waals surface area contributed by atoms with Crippen LogP contribution in [-0.2, 0) is 0 Å². The lowest BCUT2D eigenvalue weighted by Crippen LogP contribution is -2.29. The Labute approximate surface area is 141 Å². The summed E-state index contributed by atoms with van der Waals surface area (Å²) < 4.78 is 0. The number of ketones is 1. The number of allylic oxidation sites excluding steroid dienone is 2. The molecule has 0 bridgehead atoms. The minimum Gasteiger partial charge on any atom is -0.372 e.